The Balaban J connectivity index is 1.59. The first-order chi connectivity index (χ1) is 13.7. The molecule has 7 heteroatoms. The average Bonchev–Trinajstić information content (AvgIpc) is 3.44. The number of aryl methyl sites for hydroxylation is 1. The molecular weight excluding hydrogens is 390 g/mol. The van der Waals surface area contributed by atoms with Gasteiger partial charge in [-0.2, -0.15) is 0 Å². The second kappa shape index (κ2) is 8.26. The molecule has 0 spiro atoms. The number of para-hydroxylation sites is 1. The van der Waals surface area contributed by atoms with Crippen molar-refractivity contribution in [3.8, 4) is 11.3 Å². The van der Waals surface area contributed by atoms with E-state index in [-0.39, 0.29) is 5.91 Å². The molecule has 3 aromatic heterocycles. The fourth-order valence-corrected chi connectivity index (χ4v) is 4.68. The van der Waals surface area contributed by atoms with Gasteiger partial charge in [0, 0.05) is 46.6 Å². The van der Waals surface area contributed by atoms with E-state index >= 15 is 0 Å². The van der Waals surface area contributed by atoms with Crippen LogP contribution in [0.5, 0.6) is 0 Å². The van der Waals surface area contributed by atoms with Crippen molar-refractivity contribution in [2.24, 2.45) is 0 Å². The highest BCUT2D eigenvalue weighted by Gasteiger charge is 2.15. The van der Waals surface area contributed by atoms with Crippen LogP contribution in [0.1, 0.15) is 21.5 Å². The van der Waals surface area contributed by atoms with E-state index in [9.17, 15) is 4.79 Å². The fraction of sp³-hybridized carbons (Fsp3) is 0.238. The average molecular weight is 412 g/mol. The predicted octanol–water partition coefficient (Wildman–Crippen LogP) is 5.29. The summed E-state index contributed by atoms with van der Waals surface area (Å²) in [4.78, 5) is 19.1. The number of rotatable bonds is 7. The highest BCUT2D eigenvalue weighted by atomic mass is 32.1. The van der Waals surface area contributed by atoms with Gasteiger partial charge in [-0.3, -0.25) is 10.1 Å². The van der Waals surface area contributed by atoms with Crippen molar-refractivity contribution >= 4 is 44.6 Å². The molecule has 0 aliphatic heterocycles. The number of methoxy groups -OCH3 is 1. The molecule has 1 amide bonds. The SMILES string of the molecule is CCc1ccc(C(=O)Nc2nc(-c3cn(CCOC)c4ccccc34)cs2)s1. The molecule has 0 aliphatic rings. The standard InChI is InChI=1S/C21H21N3O2S2/c1-3-14-8-9-19(28-14)20(25)23-21-22-17(13-27-21)16-12-24(10-11-26-2)18-7-5-4-6-15(16)18/h4-9,12-13H,3,10-11H2,1-2H3,(H,22,23,25). The first-order valence-corrected chi connectivity index (χ1v) is 10.8. The summed E-state index contributed by atoms with van der Waals surface area (Å²) in [6.45, 7) is 3.52. The minimum Gasteiger partial charge on any atom is -0.383 e. The Hall–Kier alpha value is -2.48. The Morgan fingerprint density at radius 1 is 1.25 bits per heavy atom. The van der Waals surface area contributed by atoms with Crippen LogP contribution in [0.4, 0.5) is 5.13 Å². The van der Waals surface area contributed by atoms with E-state index in [1.165, 1.54) is 27.6 Å². The number of nitrogens with zero attached hydrogens (tertiary/aromatic N) is 2. The van der Waals surface area contributed by atoms with Crippen LogP contribution in [-0.4, -0.2) is 29.2 Å². The van der Waals surface area contributed by atoms with E-state index in [4.69, 9.17) is 4.74 Å². The van der Waals surface area contributed by atoms with Crippen LogP contribution in [0, 0.1) is 0 Å². The van der Waals surface area contributed by atoms with Gasteiger partial charge in [-0.1, -0.05) is 25.1 Å². The maximum absolute atomic E-state index is 12.5. The Morgan fingerprint density at radius 2 is 2.11 bits per heavy atom. The van der Waals surface area contributed by atoms with E-state index in [1.54, 1.807) is 7.11 Å². The smallest absolute Gasteiger partial charge is 0.267 e. The second-order valence-corrected chi connectivity index (χ2v) is 8.38. The second-order valence-electron chi connectivity index (χ2n) is 6.36. The fourth-order valence-electron chi connectivity index (χ4n) is 3.13. The topological polar surface area (TPSA) is 56.2 Å². The van der Waals surface area contributed by atoms with Crippen molar-refractivity contribution in [1.82, 2.24) is 9.55 Å². The summed E-state index contributed by atoms with van der Waals surface area (Å²) in [7, 11) is 1.71. The van der Waals surface area contributed by atoms with Crippen LogP contribution in [0.15, 0.2) is 48.0 Å². The summed E-state index contributed by atoms with van der Waals surface area (Å²) in [5, 5.41) is 6.67. The van der Waals surface area contributed by atoms with Crippen LogP contribution < -0.4 is 5.32 Å². The molecule has 0 saturated carbocycles. The van der Waals surface area contributed by atoms with E-state index in [2.05, 4.69) is 40.1 Å². The van der Waals surface area contributed by atoms with Crippen molar-refractivity contribution in [3.63, 3.8) is 0 Å². The third kappa shape index (κ3) is 3.73. The molecule has 1 aromatic carbocycles. The van der Waals surface area contributed by atoms with Gasteiger partial charge in [0.2, 0.25) is 0 Å². The number of nitrogens with one attached hydrogen (secondary N) is 1. The molecule has 0 saturated heterocycles. The van der Waals surface area contributed by atoms with Gasteiger partial charge in [-0.25, -0.2) is 4.98 Å². The van der Waals surface area contributed by atoms with E-state index < -0.39 is 0 Å². The zero-order chi connectivity index (χ0) is 19.5. The summed E-state index contributed by atoms with van der Waals surface area (Å²) < 4.78 is 7.41. The zero-order valence-electron chi connectivity index (χ0n) is 15.8. The molecular formula is C21H21N3O2S2. The molecule has 0 unspecified atom stereocenters. The Morgan fingerprint density at radius 3 is 2.89 bits per heavy atom. The molecule has 4 rings (SSSR count). The lowest BCUT2D eigenvalue weighted by molar-refractivity contribution is 0.103. The number of ether oxygens (including phenoxy) is 1. The number of hydrogen-bond donors (Lipinski definition) is 1. The minimum atomic E-state index is -0.104. The van der Waals surface area contributed by atoms with Crippen molar-refractivity contribution in [3.05, 3.63) is 57.7 Å². The molecule has 144 valence electrons. The molecule has 0 radical (unpaired) electrons. The number of aromatic nitrogens is 2. The van der Waals surface area contributed by atoms with Gasteiger partial charge in [0.1, 0.15) is 0 Å². The highest BCUT2D eigenvalue weighted by Crippen LogP contribution is 2.33. The van der Waals surface area contributed by atoms with Gasteiger partial charge in [-0.05, 0) is 24.6 Å². The lowest BCUT2D eigenvalue weighted by Crippen LogP contribution is -2.09. The van der Waals surface area contributed by atoms with E-state index in [0.717, 1.165) is 35.1 Å². The third-order valence-corrected chi connectivity index (χ3v) is 6.55. The monoisotopic (exact) mass is 411 g/mol. The number of thiazole rings is 1. The van der Waals surface area contributed by atoms with Crippen LogP contribution in [0.25, 0.3) is 22.2 Å². The van der Waals surface area contributed by atoms with Gasteiger partial charge in [0.25, 0.3) is 5.91 Å². The molecule has 5 nitrogen and oxygen atoms in total. The summed E-state index contributed by atoms with van der Waals surface area (Å²) in [5.74, 6) is -0.104. The van der Waals surface area contributed by atoms with Crippen LogP contribution >= 0.6 is 22.7 Å². The van der Waals surface area contributed by atoms with Crippen molar-refractivity contribution in [2.75, 3.05) is 19.0 Å². The largest absolute Gasteiger partial charge is 0.383 e. The van der Waals surface area contributed by atoms with E-state index in [0.29, 0.717) is 16.6 Å². The molecule has 0 fully saturated rings. The Labute approximate surface area is 171 Å². The van der Waals surface area contributed by atoms with Crippen LogP contribution in [0.2, 0.25) is 0 Å². The quantitative estimate of drug-likeness (QED) is 0.450. The summed E-state index contributed by atoms with van der Waals surface area (Å²) in [6.07, 6.45) is 3.05. The molecule has 0 aliphatic carbocycles. The number of amides is 1. The lowest BCUT2D eigenvalue weighted by Gasteiger charge is -2.03. The normalized spacial score (nSPS) is 11.2. The number of carbonyl (C=O) groups excluding carboxylic acids is 1. The maximum Gasteiger partial charge on any atom is 0.267 e. The van der Waals surface area contributed by atoms with Crippen molar-refractivity contribution in [1.29, 1.82) is 0 Å². The Bertz CT molecular complexity index is 1110. The number of benzene rings is 1. The predicted molar refractivity (Wildman–Crippen MR) is 117 cm³/mol. The first kappa shape index (κ1) is 18.9. The van der Waals surface area contributed by atoms with Crippen molar-refractivity contribution < 1.29 is 9.53 Å². The summed E-state index contributed by atoms with van der Waals surface area (Å²) >= 11 is 2.97. The number of anilines is 1. The molecule has 0 bridgehead atoms. The third-order valence-electron chi connectivity index (χ3n) is 4.56. The number of thiophene rings is 1. The number of hydrogen-bond acceptors (Lipinski definition) is 5. The minimum absolute atomic E-state index is 0.104. The number of fused-ring (bicyclic) bond motifs is 1. The lowest BCUT2D eigenvalue weighted by atomic mass is 10.1. The van der Waals surface area contributed by atoms with Gasteiger partial charge in [-0.15, -0.1) is 22.7 Å². The van der Waals surface area contributed by atoms with Gasteiger partial charge >= 0.3 is 0 Å². The number of carbonyl (C=O) groups is 1. The molecule has 28 heavy (non-hydrogen) atoms. The molecule has 1 N–H and O–H groups in total. The highest BCUT2D eigenvalue weighted by molar-refractivity contribution is 7.15. The molecule has 4 aromatic rings. The van der Waals surface area contributed by atoms with Crippen LogP contribution in [0.3, 0.4) is 0 Å². The van der Waals surface area contributed by atoms with Gasteiger partial charge < -0.3 is 9.30 Å². The van der Waals surface area contributed by atoms with Crippen molar-refractivity contribution in [2.45, 2.75) is 19.9 Å². The van der Waals surface area contributed by atoms with Gasteiger partial charge in [0.05, 0.1) is 17.2 Å². The Kier molecular flexibility index (Phi) is 5.57. The summed E-state index contributed by atoms with van der Waals surface area (Å²) in [5.41, 5.74) is 3.08. The summed E-state index contributed by atoms with van der Waals surface area (Å²) in [6, 6.07) is 12.1. The zero-order valence-corrected chi connectivity index (χ0v) is 17.4. The molecule has 0 atom stereocenters. The first-order valence-electron chi connectivity index (χ1n) is 9.12. The molecule has 3 heterocycles. The van der Waals surface area contributed by atoms with Crippen LogP contribution in [-0.2, 0) is 17.7 Å². The van der Waals surface area contributed by atoms with Gasteiger partial charge in [0.15, 0.2) is 5.13 Å². The maximum atomic E-state index is 12.5. The van der Waals surface area contributed by atoms with E-state index in [1.807, 2.05) is 29.6 Å².